The number of nitrogens with zero attached hydrogens (tertiary/aromatic N) is 1. The van der Waals surface area contributed by atoms with Gasteiger partial charge in [-0.25, -0.2) is 22.5 Å². The Balaban J connectivity index is 1.67. The minimum Gasteiger partial charge on any atom is -0.439 e. The first-order valence-corrected chi connectivity index (χ1v) is 8.23. The van der Waals surface area contributed by atoms with Crippen LogP contribution in [-0.4, -0.2) is 13.4 Å². The van der Waals surface area contributed by atoms with Gasteiger partial charge in [-0.05, 0) is 29.8 Å². The molecular weight excluding hydrogens is 307 g/mol. The van der Waals surface area contributed by atoms with E-state index in [0.29, 0.717) is 22.6 Å². The maximum absolute atomic E-state index is 12.8. The molecule has 0 unspecified atom stereocenters. The van der Waals surface area contributed by atoms with Crippen LogP contribution in [0.1, 0.15) is 11.5 Å². The monoisotopic (exact) mass is 320 g/mol. The summed E-state index contributed by atoms with van der Waals surface area (Å²) in [4.78, 5) is 4.19. The highest BCUT2D eigenvalue weighted by Crippen LogP contribution is 2.15. The second-order valence-corrected chi connectivity index (χ2v) is 6.59. The summed E-state index contributed by atoms with van der Waals surface area (Å²) < 4.78 is 44.7. The first-order valence-electron chi connectivity index (χ1n) is 6.58. The standard InChI is InChI=1S/C15H13FN2O3S/c16-12-7-5-11(6-8-12)10-22(19,20)17-9-15-18-13-3-1-2-4-14(13)21-15/h1-8,17H,9-10H2. The molecule has 22 heavy (non-hydrogen) atoms. The Hall–Kier alpha value is -2.25. The lowest BCUT2D eigenvalue weighted by Gasteiger charge is -2.04. The SMILES string of the molecule is O=S(=O)(Cc1ccc(F)cc1)NCc1nc2ccccc2o1. The molecule has 3 rings (SSSR count). The van der Waals surface area contributed by atoms with E-state index in [4.69, 9.17) is 4.42 Å². The zero-order valence-electron chi connectivity index (χ0n) is 11.5. The second-order valence-electron chi connectivity index (χ2n) is 4.78. The summed E-state index contributed by atoms with van der Waals surface area (Å²) >= 11 is 0. The average Bonchev–Trinajstić information content (AvgIpc) is 2.90. The number of hydrogen-bond acceptors (Lipinski definition) is 4. The van der Waals surface area contributed by atoms with Crippen molar-refractivity contribution in [3.05, 3.63) is 65.8 Å². The van der Waals surface area contributed by atoms with Gasteiger partial charge in [0.05, 0.1) is 12.3 Å². The van der Waals surface area contributed by atoms with Crippen molar-refractivity contribution >= 4 is 21.1 Å². The van der Waals surface area contributed by atoms with Crippen LogP contribution in [0.25, 0.3) is 11.1 Å². The Labute approximate surface area is 126 Å². The van der Waals surface area contributed by atoms with Gasteiger partial charge in [-0.1, -0.05) is 24.3 Å². The Bertz CT molecular complexity index is 856. The smallest absolute Gasteiger partial charge is 0.216 e. The lowest BCUT2D eigenvalue weighted by atomic mass is 10.2. The summed E-state index contributed by atoms with van der Waals surface area (Å²) in [6.45, 7) is -0.0296. The first kappa shape index (κ1) is 14.7. The van der Waals surface area contributed by atoms with Crippen LogP contribution in [-0.2, 0) is 22.3 Å². The van der Waals surface area contributed by atoms with Crippen LogP contribution >= 0.6 is 0 Å². The Morgan fingerprint density at radius 1 is 1.09 bits per heavy atom. The fraction of sp³-hybridized carbons (Fsp3) is 0.133. The number of fused-ring (bicyclic) bond motifs is 1. The molecule has 5 nitrogen and oxygen atoms in total. The quantitative estimate of drug-likeness (QED) is 0.784. The van der Waals surface area contributed by atoms with Crippen molar-refractivity contribution in [3.63, 3.8) is 0 Å². The molecule has 114 valence electrons. The molecule has 0 aliphatic rings. The van der Waals surface area contributed by atoms with Crippen LogP contribution in [0.4, 0.5) is 4.39 Å². The normalized spacial score (nSPS) is 11.9. The molecule has 0 bridgehead atoms. The predicted octanol–water partition coefficient (Wildman–Crippen LogP) is 2.59. The van der Waals surface area contributed by atoms with Gasteiger partial charge in [-0.2, -0.15) is 0 Å². The van der Waals surface area contributed by atoms with Gasteiger partial charge in [0.15, 0.2) is 5.58 Å². The minimum atomic E-state index is -3.56. The second kappa shape index (κ2) is 5.86. The number of oxazole rings is 1. The predicted molar refractivity (Wildman–Crippen MR) is 79.9 cm³/mol. The number of aromatic nitrogens is 1. The molecule has 0 fully saturated rings. The van der Waals surface area contributed by atoms with Crippen LogP contribution in [0.3, 0.4) is 0 Å². The Morgan fingerprint density at radius 3 is 2.55 bits per heavy atom. The number of benzene rings is 2. The molecule has 3 aromatic rings. The molecule has 1 N–H and O–H groups in total. The molecular formula is C15H13FN2O3S. The van der Waals surface area contributed by atoms with Crippen molar-refractivity contribution in [1.29, 1.82) is 0 Å². The van der Waals surface area contributed by atoms with E-state index in [2.05, 4.69) is 9.71 Å². The summed E-state index contributed by atoms with van der Waals surface area (Å²) in [5.41, 5.74) is 1.79. The van der Waals surface area contributed by atoms with E-state index in [1.165, 1.54) is 24.3 Å². The van der Waals surface area contributed by atoms with E-state index >= 15 is 0 Å². The summed E-state index contributed by atoms with van der Waals surface area (Å²) in [6.07, 6.45) is 0. The van der Waals surface area contributed by atoms with Crippen LogP contribution in [0, 0.1) is 5.82 Å². The third-order valence-corrected chi connectivity index (χ3v) is 4.35. The summed E-state index contributed by atoms with van der Waals surface area (Å²) in [5.74, 6) is -0.336. The van der Waals surface area contributed by atoms with Crippen molar-refractivity contribution in [2.75, 3.05) is 0 Å². The Morgan fingerprint density at radius 2 is 1.82 bits per heavy atom. The molecule has 0 atom stereocenters. The highest BCUT2D eigenvalue weighted by molar-refractivity contribution is 7.88. The van der Waals surface area contributed by atoms with Gasteiger partial charge in [0.25, 0.3) is 0 Å². The van der Waals surface area contributed by atoms with Crippen molar-refractivity contribution in [3.8, 4) is 0 Å². The molecule has 0 spiro atoms. The highest BCUT2D eigenvalue weighted by atomic mass is 32.2. The molecule has 2 aromatic carbocycles. The fourth-order valence-electron chi connectivity index (χ4n) is 2.02. The molecule has 7 heteroatoms. The van der Waals surface area contributed by atoms with Crippen LogP contribution in [0.15, 0.2) is 52.9 Å². The number of sulfonamides is 1. The third kappa shape index (κ3) is 3.49. The van der Waals surface area contributed by atoms with Crippen molar-refractivity contribution in [2.24, 2.45) is 0 Å². The zero-order valence-corrected chi connectivity index (χ0v) is 12.3. The molecule has 0 radical (unpaired) electrons. The van der Waals surface area contributed by atoms with E-state index in [9.17, 15) is 12.8 Å². The molecule has 0 aliphatic heterocycles. The number of hydrogen-bond donors (Lipinski definition) is 1. The number of rotatable bonds is 5. The summed E-state index contributed by atoms with van der Waals surface area (Å²) in [5, 5.41) is 0. The van der Waals surface area contributed by atoms with Crippen LogP contribution in [0.5, 0.6) is 0 Å². The third-order valence-electron chi connectivity index (χ3n) is 3.05. The van der Waals surface area contributed by atoms with E-state index in [1.54, 1.807) is 12.1 Å². The lowest BCUT2D eigenvalue weighted by molar-refractivity contribution is 0.513. The summed E-state index contributed by atoms with van der Waals surface area (Å²) in [6, 6.07) is 12.5. The maximum atomic E-state index is 12.8. The number of para-hydroxylation sites is 2. The topological polar surface area (TPSA) is 72.2 Å². The largest absolute Gasteiger partial charge is 0.439 e. The molecule has 1 aromatic heterocycles. The molecule has 0 amide bonds. The number of nitrogens with one attached hydrogen (secondary N) is 1. The van der Waals surface area contributed by atoms with E-state index in [1.807, 2.05) is 12.1 Å². The molecule has 1 heterocycles. The Kier molecular flexibility index (Phi) is 3.91. The fourth-order valence-corrected chi connectivity index (χ4v) is 3.10. The lowest BCUT2D eigenvalue weighted by Crippen LogP contribution is -2.24. The molecule has 0 saturated carbocycles. The first-order chi connectivity index (χ1) is 10.5. The van der Waals surface area contributed by atoms with Gasteiger partial charge in [-0.3, -0.25) is 0 Å². The zero-order chi connectivity index (χ0) is 15.6. The van der Waals surface area contributed by atoms with E-state index < -0.39 is 15.8 Å². The van der Waals surface area contributed by atoms with Gasteiger partial charge in [-0.15, -0.1) is 0 Å². The van der Waals surface area contributed by atoms with E-state index in [0.717, 1.165) is 0 Å². The van der Waals surface area contributed by atoms with Crippen molar-refractivity contribution in [2.45, 2.75) is 12.3 Å². The van der Waals surface area contributed by atoms with Crippen molar-refractivity contribution < 1.29 is 17.2 Å². The van der Waals surface area contributed by atoms with Gasteiger partial charge in [0.1, 0.15) is 11.3 Å². The van der Waals surface area contributed by atoms with Crippen LogP contribution < -0.4 is 4.72 Å². The molecule has 0 aliphatic carbocycles. The molecule has 0 saturated heterocycles. The van der Waals surface area contributed by atoms with Crippen LogP contribution in [0.2, 0.25) is 0 Å². The minimum absolute atomic E-state index is 0.0296. The average molecular weight is 320 g/mol. The van der Waals surface area contributed by atoms with Gasteiger partial charge in [0, 0.05) is 0 Å². The van der Waals surface area contributed by atoms with Gasteiger partial charge >= 0.3 is 0 Å². The summed E-state index contributed by atoms with van der Waals surface area (Å²) in [7, 11) is -3.56. The number of halogens is 1. The van der Waals surface area contributed by atoms with Crippen molar-refractivity contribution in [1.82, 2.24) is 9.71 Å². The maximum Gasteiger partial charge on any atom is 0.216 e. The van der Waals surface area contributed by atoms with Gasteiger partial charge < -0.3 is 4.42 Å². The highest BCUT2D eigenvalue weighted by Gasteiger charge is 2.13. The van der Waals surface area contributed by atoms with Gasteiger partial charge in [0.2, 0.25) is 15.9 Å². The van der Waals surface area contributed by atoms with E-state index in [-0.39, 0.29) is 12.3 Å².